The van der Waals surface area contributed by atoms with Gasteiger partial charge in [0, 0.05) is 22.0 Å². The fourth-order valence-electron chi connectivity index (χ4n) is 3.22. The van der Waals surface area contributed by atoms with Crippen LogP contribution in [0.2, 0.25) is 10.0 Å². The van der Waals surface area contributed by atoms with Crippen molar-refractivity contribution < 1.29 is 0 Å². The van der Waals surface area contributed by atoms with Gasteiger partial charge in [-0.3, -0.25) is 0 Å². The molecule has 2 unspecified atom stereocenters. The molecule has 0 radical (unpaired) electrons. The first-order valence-electron chi connectivity index (χ1n) is 7.44. The lowest BCUT2D eigenvalue weighted by molar-refractivity contribution is 0.405. The second-order valence-corrected chi connectivity index (χ2v) is 6.39. The van der Waals surface area contributed by atoms with E-state index in [1.54, 1.807) is 0 Å². The van der Waals surface area contributed by atoms with Crippen LogP contribution in [0.15, 0.2) is 42.5 Å². The summed E-state index contributed by atoms with van der Waals surface area (Å²) in [5, 5.41) is 5.14. The van der Waals surface area contributed by atoms with Crippen LogP contribution in [0.1, 0.15) is 29.5 Å². The molecule has 21 heavy (non-hydrogen) atoms. The Balaban J connectivity index is 1.84. The third kappa shape index (κ3) is 2.96. The van der Waals surface area contributed by atoms with Gasteiger partial charge >= 0.3 is 0 Å². The van der Waals surface area contributed by atoms with Crippen molar-refractivity contribution >= 4 is 23.2 Å². The lowest BCUT2D eigenvalue weighted by Crippen LogP contribution is -2.41. The molecule has 2 atom stereocenters. The minimum absolute atomic E-state index is 0.377. The molecular weight excluding hydrogens is 301 g/mol. The van der Waals surface area contributed by atoms with Crippen LogP contribution in [0.5, 0.6) is 0 Å². The number of rotatable bonds is 5. The smallest absolute Gasteiger partial charge is 0.0453 e. The van der Waals surface area contributed by atoms with Gasteiger partial charge in [-0.1, -0.05) is 60.5 Å². The number of nitrogens with one attached hydrogen (secondary N) is 1. The van der Waals surface area contributed by atoms with Crippen molar-refractivity contribution in [1.82, 2.24) is 5.32 Å². The van der Waals surface area contributed by atoms with E-state index in [4.69, 9.17) is 23.2 Å². The van der Waals surface area contributed by atoms with Crippen LogP contribution in [0.3, 0.4) is 0 Å². The maximum Gasteiger partial charge on any atom is 0.0453 e. The molecule has 0 saturated carbocycles. The second kappa shape index (κ2) is 6.39. The van der Waals surface area contributed by atoms with E-state index in [2.05, 4.69) is 36.5 Å². The number of fused-ring (bicyclic) bond motifs is 1. The van der Waals surface area contributed by atoms with Crippen LogP contribution in [0.4, 0.5) is 0 Å². The molecule has 2 aromatic carbocycles. The van der Waals surface area contributed by atoms with Crippen molar-refractivity contribution in [3.63, 3.8) is 0 Å². The third-order valence-electron chi connectivity index (χ3n) is 4.33. The number of benzene rings is 2. The maximum absolute atomic E-state index is 6.33. The molecule has 110 valence electrons. The summed E-state index contributed by atoms with van der Waals surface area (Å²) in [6, 6.07) is 14.8. The fraction of sp³-hybridized carbons (Fsp3) is 0.333. The Hall–Kier alpha value is -1.02. The summed E-state index contributed by atoms with van der Waals surface area (Å²) in [6.07, 6.45) is 2.00. The first-order valence-corrected chi connectivity index (χ1v) is 8.20. The van der Waals surface area contributed by atoms with Crippen LogP contribution >= 0.6 is 23.2 Å². The van der Waals surface area contributed by atoms with E-state index in [-0.39, 0.29) is 0 Å². The van der Waals surface area contributed by atoms with Gasteiger partial charge in [0.1, 0.15) is 0 Å². The molecule has 0 aromatic heterocycles. The molecule has 2 aromatic rings. The standard InChI is InChI=1S/C18H19Cl2N/c1-2-21-18(11-15-16(19)8-5-9-17(15)20)14-10-12-6-3-4-7-13(12)14/h3-9,14,18,21H,2,10-11H2,1H3. The summed E-state index contributed by atoms with van der Waals surface area (Å²) in [5.74, 6) is 0.550. The first kappa shape index (κ1) is 14.9. The van der Waals surface area contributed by atoms with E-state index < -0.39 is 0 Å². The Morgan fingerprint density at radius 2 is 1.81 bits per heavy atom. The monoisotopic (exact) mass is 319 g/mol. The second-order valence-electron chi connectivity index (χ2n) is 5.58. The summed E-state index contributed by atoms with van der Waals surface area (Å²) >= 11 is 12.7. The van der Waals surface area contributed by atoms with Crippen LogP contribution in [-0.4, -0.2) is 12.6 Å². The Labute approximate surface area is 136 Å². The van der Waals surface area contributed by atoms with E-state index in [1.807, 2.05) is 18.2 Å². The molecule has 0 fully saturated rings. The molecule has 0 heterocycles. The van der Waals surface area contributed by atoms with Crippen molar-refractivity contribution in [3.8, 4) is 0 Å². The first-order chi connectivity index (χ1) is 10.2. The highest BCUT2D eigenvalue weighted by atomic mass is 35.5. The third-order valence-corrected chi connectivity index (χ3v) is 5.04. The summed E-state index contributed by atoms with van der Waals surface area (Å²) < 4.78 is 0. The van der Waals surface area contributed by atoms with E-state index in [9.17, 15) is 0 Å². The Kier molecular flexibility index (Phi) is 4.54. The molecule has 0 bridgehead atoms. The topological polar surface area (TPSA) is 12.0 Å². The van der Waals surface area contributed by atoms with Gasteiger partial charge in [-0.05, 0) is 48.2 Å². The van der Waals surface area contributed by atoms with Crippen LogP contribution < -0.4 is 5.32 Å². The normalized spacial score (nSPS) is 18.0. The molecule has 1 nitrogen and oxygen atoms in total. The predicted octanol–water partition coefficient (Wildman–Crippen LogP) is 4.85. The minimum atomic E-state index is 0.377. The lowest BCUT2D eigenvalue weighted by atomic mass is 9.72. The summed E-state index contributed by atoms with van der Waals surface area (Å²) in [6.45, 7) is 3.09. The van der Waals surface area contributed by atoms with Crippen LogP contribution in [0, 0.1) is 0 Å². The SMILES string of the molecule is CCNC(Cc1c(Cl)cccc1Cl)C1Cc2ccccc21. The molecule has 1 aliphatic rings. The Morgan fingerprint density at radius 3 is 2.48 bits per heavy atom. The summed E-state index contributed by atoms with van der Waals surface area (Å²) in [7, 11) is 0. The molecular formula is C18H19Cl2N. The van der Waals surface area contributed by atoms with Gasteiger partial charge in [-0.2, -0.15) is 0 Å². The average molecular weight is 320 g/mol. The van der Waals surface area contributed by atoms with Crippen molar-refractivity contribution in [2.75, 3.05) is 6.54 Å². The number of hydrogen-bond acceptors (Lipinski definition) is 1. The zero-order valence-corrected chi connectivity index (χ0v) is 13.6. The summed E-state index contributed by atoms with van der Waals surface area (Å²) in [5.41, 5.74) is 3.98. The van der Waals surface area contributed by atoms with Crippen LogP contribution in [-0.2, 0) is 12.8 Å². The van der Waals surface area contributed by atoms with E-state index in [1.165, 1.54) is 11.1 Å². The maximum atomic E-state index is 6.33. The zero-order chi connectivity index (χ0) is 14.8. The highest BCUT2D eigenvalue weighted by Gasteiger charge is 2.32. The van der Waals surface area contributed by atoms with E-state index in [0.29, 0.717) is 12.0 Å². The van der Waals surface area contributed by atoms with Gasteiger partial charge in [0.15, 0.2) is 0 Å². The number of halogens is 2. The van der Waals surface area contributed by atoms with Crippen molar-refractivity contribution in [2.45, 2.75) is 31.7 Å². The summed E-state index contributed by atoms with van der Waals surface area (Å²) in [4.78, 5) is 0. The van der Waals surface area contributed by atoms with Gasteiger partial charge < -0.3 is 5.32 Å². The molecule has 0 saturated heterocycles. The van der Waals surface area contributed by atoms with E-state index in [0.717, 1.165) is 35.0 Å². The number of hydrogen-bond donors (Lipinski definition) is 1. The molecule has 1 N–H and O–H groups in total. The molecule has 3 rings (SSSR count). The van der Waals surface area contributed by atoms with Gasteiger partial charge in [-0.25, -0.2) is 0 Å². The van der Waals surface area contributed by atoms with Crippen LogP contribution in [0.25, 0.3) is 0 Å². The largest absolute Gasteiger partial charge is 0.313 e. The highest BCUT2D eigenvalue weighted by molar-refractivity contribution is 6.36. The zero-order valence-electron chi connectivity index (χ0n) is 12.1. The molecule has 0 amide bonds. The molecule has 0 aliphatic heterocycles. The number of likely N-dealkylation sites (N-methyl/N-ethyl adjacent to an activating group) is 1. The Morgan fingerprint density at radius 1 is 1.10 bits per heavy atom. The molecule has 3 heteroatoms. The lowest BCUT2D eigenvalue weighted by Gasteiger charge is -2.37. The Bertz CT molecular complexity index is 619. The molecule has 0 spiro atoms. The quantitative estimate of drug-likeness (QED) is 0.830. The fourth-order valence-corrected chi connectivity index (χ4v) is 3.77. The predicted molar refractivity (Wildman–Crippen MR) is 90.5 cm³/mol. The highest BCUT2D eigenvalue weighted by Crippen LogP contribution is 2.39. The van der Waals surface area contributed by atoms with Crippen molar-refractivity contribution in [1.29, 1.82) is 0 Å². The van der Waals surface area contributed by atoms with Gasteiger partial charge in [0.25, 0.3) is 0 Å². The average Bonchev–Trinajstić information content (AvgIpc) is 2.44. The van der Waals surface area contributed by atoms with Gasteiger partial charge in [0.05, 0.1) is 0 Å². The van der Waals surface area contributed by atoms with Crippen molar-refractivity contribution in [3.05, 3.63) is 69.2 Å². The minimum Gasteiger partial charge on any atom is -0.313 e. The van der Waals surface area contributed by atoms with Crippen molar-refractivity contribution in [2.24, 2.45) is 0 Å². The van der Waals surface area contributed by atoms with E-state index >= 15 is 0 Å². The van der Waals surface area contributed by atoms with Gasteiger partial charge in [0.2, 0.25) is 0 Å². The molecule has 1 aliphatic carbocycles. The van der Waals surface area contributed by atoms with Gasteiger partial charge in [-0.15, -0.1) is 0 Å².